The number of benzene rings is 2. The number of piperazine rings is 1. The molecule has 5 rings (SSSR count). The first-order chi connectivity index (χ1) is 16.0. The van der Waals surface area contributed by atoms with Gasteiger partial charge in [-0.05, 0) is 42.3 Å². The highest BCUT2D eigenvalue weighted by molar-refractivity contribution is 6.34. The largest absolute Gasteiger partial charge is 0.507 e. The molecule has 7 heteroatoms. The lowest BCUT2D eigenvalue weighted by atomic mass is 9.97. The molecular formula is C26H25ClN4O2. The second-order valence-electron chi connectivity index (χ2n) is 8.31. The van der Waals surface area contributed by atoms with Crippen LogP contribution in [0.1, 0.15) is 6.92 Å². The summed E-state index contributed by atoms with van der Waals surface area (Å²) in [4.78, 5) is 20.8. The molecule has 0 radical (unpaired) electrons. The van der Waals surface area contributed by atoms with Crippen LogP contribution in [-0.4, -0.2) is 48.7 Å². The Balaban J connectivity index is 1.47. The van der Waals surface area contributed by atoms with Crippen LogP contribution in [0.15, 0.2) is 66.4 Å². The van der Waals surface area contributed by atoms with E-state index in [9.17, 15) is 9.90 Å². The normalized spacial score (nSPS) is 16.3. The summed E-state index contributed by atoms with van der Waals surface area (Å²) in [7, 11) is 0. The molecule has 3 aromatic rings. The lowest BCUT2D eigenvalue weighted by molar-refractivity contribution is -0.114. The monoisotopic (exact) mass is 460 g/mol. The van der Waals surface area contributed by atoms with Gasteiger partial charge in [0.05, 0.1) is 10.7 Å². The van der Waals surface area contributed by atoms with Crippen molar-refractivity contribution in [2.75, 3.05) is 42.5 Å². The molecule has 0 atom stereocenters. The van der Waals surface area contributed by atoms with Crippen molar-refractivity contribution in [3.05, 3.63) is 71.4 Å². The van der Waals surface area contributed by atoms with Crippen molar-refractivity contribution >= 4 is 29.0 Å². The zero-order valence-electron chi connectivity index (χ0n) is 18.4. The maximum atomic E-state index is 12.4. The Morgan fingerprint density at radius 3 is 2.42 bits per heavy atom. The van der Waals surface area contributed by atoms with Gasteiger partial charge in [-0.2, -0.15) is 0 Å². The molecule has 0 aliphatic carbocycles. The topological polar surface area (TPSA) is 68.7 Å². The number of phenolic OH excluding ortho intramolecular Hbond substituents is 1. The predicted octanol–water partition coefficient (Wildman–Crippen LogP) is 4.48. The SMILES string of the molecule is CC1=CCN(c2ccc(-c3cccc(-c4ccnc(N5CCNCC5)c4)c3O)cc2Cl)C1=O. The van der Waals surface area contributed by atoms with Crippen LogP contribution in [0, 0.1) is 0 Å². The molecule has 168 valence electrons. The maximum Gasteiger partial charge on any atom is 0.253 e. The molecule has 1 aromatic heterocycles. The van der Waals surface area contributed by atoms with E-state index in [-0.39, 0.29) is 11.7 Å². The van der Waals surface area contributed by atoms with Crippen LogP contribution in [-0.2, 0) is 4.79 Å². The number of hydrogen-bond donors (Lipinski definition) is 2. The van der Waals surface area contributed by atoms with Gasteiger partial charge in [-0.25, -0.2) is 4.98 Å². The lowest BCUT2D eigenvalue weighted by Gasteiger charge is -2.28. The van der Waals surface area contributed by atoms with Gasteiger partial charge in [-0.15, -0.1) is 0 Å². The number of rotatable bonds is 4. The van der Waals surface area contributed by atoms with Gasteiger partial charge in [0.2, 0.25) is 0 Å². The molecule has 2 N–H and O–H groups in total. The molecule has 2 aliphatic rings. The van der Waals surface area contributed by atoms with E-state index >= 15 is 0 Å². The number of nitrogens with zero attached hydrogens (tertiary/aromatic N) is 3. The first-order valence-electron chi connectivity index (χ1n) is 11.1. The van der Waals surface area contributed by atoms with Crippen LogP contribution in [0.2, 0.25) is 5.02 Å². The van der Waals surface area contributed by atoms with Gasteiger partial charge in [0.1, 0.15) is 11.6 Å². The van der Waals surface area contributed by atoms with Crippen molar-refractivity contribution in [3.63, 3.8) is 0 Å². The van der Waals surface area contributed by atoms with Crippen LogP contribution in [0.3, 0.4) is 0 Å². The third-order valence-corrected chi connectivity index (χ3v) is 6.55. The standard InChI is InChI=1S/C26H25ClN4O2/c1-17-8-12-31(26(17)33)23-6-5-18(15-22(23)27)20-3-2-4-21(25(20)32)19-7-9-29-24(16-19)30-13-10-28-11-14-30/h2-9,15-16,28,32H,10-14H2,1H3. The number of anilines is 2. The van der Waals surface area contributed by atoms with E-state index < -0.39 is 0 Å². The summed E-state index contributed by atoms with van der Waals surface area (Å²) in [5, 5.41) is 15.0. The van der Waals surface area contributed by atoms with Gasteiger partial charge >= 0.3 is 0 Å². The van der Waals surface area contributed by atoms with E-state index in [1.807, 2.05) is 48.5 Å². The van der Waals surface area contributed by atoms with Crippen molar-refractivity contribution in [1.29, 1.82) is 0 Å². The van der Waals surface area contributed by atoms with Crippen molar-refractivity contribution in [1.82, 2.24) is 10.3 Å². The number of carbonyl (C=O) groups is 1. The second kappa shape index (κ2) is 8.89. The highest BCUT2D eigenvalue weighted by Gasteiger charge is 2.24. The molecule has 0 bridgehead atoms. The van der Waals surface area contributed by atoms with E-state index in [1.165, 1.54) is 0 Å². The van der Waals surface area contributed by atoms with E-state index in [0.717, 1.165) is 54.3 Å². The van der Waals surface area contributed by atoms with Gasteiger partial charge in [-0.1, -0.05) is 41.9 Å². The number of nitrogens with one attached hydrogen (secondary N) is 1. The van der Waals surface area contributed by atoms with Gasteiger partial charge in [0, 0.05) is 55.6 Å². The summed E-state index contributed by atoms with van der Waals surface area (Å²) < 4.78 is 0. The van der Waals surface area contributed by atoms with Crippen molar-refractivity contribution in [2.45, 2.75) is 6.92 Å². The molecule has 0 spiro atoms. The van der Waals surface area contributed by atoms with E-state index in [2.05, 4.69) is 15.2 Å². The number of hydrogen-bond acceptors (Lipinski definition) is 5. The number of phenols is 1. The number of aromatic hydroxyl groups is 1. The summed E-state index contributed by atoms with van der Waals surface area (Å²) in [5.74, 6) is 1.06. The number of para-hydroxylation sites is 1. The third kappa shape index (κ3) is 4.08. The zero-order chi connectivity index (χ0) is 22.9. The van der Waals surface area contributed by atoms with Crippen LogP contribution in [0.25, 0.3) is 22.3 Å². The Hall–Kier alpha value is -3.35. The van der Waals surface area contributed by atoms with Gasteiger partial charge < -0.3 is 20.2 Å². The van der Waals surface area contributed by atoms with Gasteiger partial charge in [-0.3, -0.25) is 4.79 Å². The lowest BCUT2D eigenvalue weighted by Crippen LogP contribution is -2.43. The fraction of sp³-hybridized carbons (Fsp3) is 0.231. The summed E-state index contributed by atoms with van der Waals surface area (Å²) in [6.45, 7) is 6.00. The summed E-state index contributed by atoms with van der Waals surface area (Å²) in [6.07, 6.45) is 3.68. The van der Waals surface area contributed by atoms with Crippen LogP contribution >= 0.6 is 11.6 Å². The Morgan fingerprint density at radius 1 is 1.03 bits per heavy atom. The van der Waals surface area contributed by atoms with Crippen molar-refractivity contribution < 1.29 is 9.90 Å². The molecule has 3 heterocycles. The Kier molecular flexibility index (Phi) is 5.79. The average molecular weight is 461 g/mol. The van der Waals surface area contributed by atoms with Crippen molar-refractivity contribution in [2.24, 2.45) is 0 Å². The van der Waals surface area contributed by atoms with Crippen LogP contribution in [0.5, 0.6) is 5.75 Å². The van der Waals surface area contributed by atoms with E-state index in [4.69, 9.17) is 11.6 Å². The highest BCUT2D eigenvalue weighted by Crippen LogP contribution is 2.41. The molecule has 33 heavy (non-hydrogen) atoms. The molecule has 2 aromatic carbocycles. The smallest absolute Gasteiger partial charge is 0.253 e. The van der Waals surface area contributed by atoms with Gasteiger partial charge in [0.15, 0.2) is 0 Å². The Labute approximate surface area is 198 Å². The van der Waals surface area contributed by atoms with Gasteiger partial charge in [0.25, 0.3) is 5.91 Å². The van der Waals surface area contributed by atoms with E-state index in [0.29, 0.717) is 22.8 Å². The molecule has 1 amide bonds. The molecule has 0 unspecified atom stereocenters. The molecule has 2 aliphatic heterocycles. The minimum atomic E-state index is -0.0347. The minimum Gasteiger partial charge on any atom is -0.507 e. The average Bonchev–Trinajstić information content (AvgIpc) is 3.18. The highest BCUT2D eigenvalue weighted by atomic mass is 35.5. The fourth-order valence-corrected chi connectivity index (χ4v) is 4.66. The number of carbonyl (C=O) groups excluding carboxylic acids is 1. The van der Waals surface area contributed by atoms with Crippen LogP contribution < -0.4 is 15.1 Å². The summed E-state index contributed by atoms with van der Waals surface area (Å²) in [5.41, 5.74) is 4.51. The molecule has 6 nitrogen and oxygen atoms in total. The van der Waals surface area contributed by atoms with E-state index in [1.54, 1.807) is 24.1 Å². The number of halogens is 1. The Morgan fingerprint density at radius 2 is 1.76 bits per heavy atom. The number of pyridine rings is 1. The zero-order valence-corrected chi connectivity index (χ0v) is 19.1. The van der Waals surface area contributed by atoms with Crippen LogP contribution in [0.4, 0.5) is 11.5 Å². The Bertz CT molecular complexity index is 1250. The quantitative estimate of drug-likeness (QED) is 0.601. The van der Waals surface area contributed by atoms with Crippen molar-refractivity contribution in [3.8, 4) is 28.0 Å². The first kappa shape index (κ1) is 21.5. The molecule has 1 fully saturated rings. The maximum absolute atomic E-state index is 12.4. The number of amides is 1. The summed E-state index contributed by atoms with van der Waals surface area (Å²) >= 11 is 6.57. The predicted molar refractivity (Wildman–Crippen MR) is 133 cm³/mol. The summed E-state index contributed by atoms with van der Waals surface area (Å²) in [6, 6.07) is 15.2. The molecule has 0 saturated carbocycles. The second-order valence-corrected chi connectivity index (χ2v) is 8.72. The minimum absolute atomic E-state index is 0.0347. The fourth-order valence-electron chi connectivity index (χ4n) is 4.37. The molecular weight excluding hydrogens is 436 g/mol. The first-order valence-corrected chi connectivity index (χ1v) is 11.4. The molecule has 1 saturated heterocycles. The third-order valence-electron chi connectivity index (χ3n) is 6.25. The number of aromatic nitrogens is 1.